The van der Waals surface area contributed by atoms with Gasteiger partial charge in [0, 0.05) is 5.92 Å². The molecule has 1 aliphatic carbocycles. The van der Waals surface area contributed by atoms with Gasteiger partial charge in [-0.25, -0.2) is 0 Å². The molecule has 3 N–H and O–H groups in total. The van der Waals surface area contributed by atoms with Gasteiger partial charge in [-0.1, -0.05) is 67.5 Å². The van der Waals surface area contributed by atoms with Crippen molar-refractivity contribution in [3.8, 4) is 11.5 Å². The number of phenolic OH excluding ortho intramolecular Hbond substituents is 1. The summed E-state index contributed by atoms with van der Waals surface area (Å²) in [6, 6.07) is 20.3. The third-order valence-electron chi connectivity index (χ3n) is 9.42. The number of halogens is 1. The molecule has 8 nitrogen and oxygen atoms in total. The SMILES string of the molecule is CCCC1=C2[C@@H](CC/C(=C/c3cc(I)c(O)c(OC)c3)c3ccccc3)OC[C@@H]2[C@@H]2C(=O)N(c3cccc(B(O)O)c3)C(=O)[C@@H]2C1. The number of imide groups is 1. The van der Waals surface area contributed by atoms with E-state index in [2.05, 4.69) is 47.7 Å². The summed E-state index contributed by atoms with van der Waals surface area (Å²) in [5.74, 6) is -1.08. The lowest BCUT2D eigenvalue weighted by atomic mass is 9.68. The van der Waals surface area contributed by atoms with Crippen molar-refractivity contribution >= 4 is 64.3 Å². The second-order valence-corrected chi connectivity index (χ2v) is 13.3. The van der Waals surface area contributed by atoms with Gasteiger partial charge in [-0.3, -0.25) is 14.5 Å². The molecule has 0 spiro atoms. The van der Waals surface area contributed by atoms with Crippen molar-refractivity contribution in [2.75, 3.05) is 18.6 Å². The summed E-state index contributed by atoms with van der Waals surface area (Å²) >= 11 is 2.11. The van der Waals surface area contributed by atoms with E-state index in [0.717, 1.165) is 29.5 Å². The van der Waals surface area contributed by atoms with E-state index in [1.807, 2.05) is 30.3 Å². The van der Waals surface area contributed by atoms with Gasteiger partial charge in [0.25, 0.3) is 0 Å². The number of amides is 2. The number of allylic oxidation sites excluding steroid dienone is 2. The van der Waals surface area contributed by atoms with Crippen LogP contribution < -0.4 is 15.1 Å². The summed E-state index contributed by atoms with van der Waals surface area (Å²) < 4.78 is 12.6. The number of carbonyl (C=O) groups is 2. The van der Waals surface area contributed by atoms with E-state index in [-0.39, 0.29) is 35.0 Å². The van der Waals surface area contributed by atoms with E-state index in [1.54, 1.807) is 25.3 Å². The zero-order valence-corrected chi connectivity index (χ0v) is 28.0. The molecule has 0 saturated carbocycles. The van der Waals surface area contributed by atoms with Crippen LogP contribution in [-0.4, -0.2) is 53.9 Å². The van der Waals surface area contributed by atoms with Crippen molar-refractivity contribution in [1.82, 2.24) is 0 Å². The van der Waals surface area contributed by atoms with E-state index in [1.165, 1.54) is 22.1 Å². The van der Waals surface area contributed by atoms with Gasteiger partial charge in [-0.2, -0.15) is 0 Å². The van der Waals surface area contributed by atoms with Crippen molar-refractivity contribution < 1.29 is 34.2 Å². The summed E-state index contributed by atoms with van der Waals surface area (Å²) in [5, 5.41) is 29.8. The Labute approximate surface area is 283 Å². The van der Waals surface area contributed by atoms with Crippen LogP contribution in [-0.2, 0) is 14.3 Å². The number of phenols is 1. The molecule has 2 heterocycles. The topological polar surface area (TPSA) is 117 Å². The predicted octanol–water partition coefficient (Wildman–Crippen LogP) is 5.33. The molecule has 238 valence electrons. The molecule has 3 aliphatic rings. The minimum absolute atomic E-state index is 0.120. The summed E-state index contributed by atoms with van der Waals surface area (Å²) in [7, 11) is -0.155. The predicted molar refractivity (Wildman–Crippen MR) is 186 cm³/mol. The average Bonchev–Trinajstić information content (AvgIpc) is 3.59. The highest BCUT2D eigenvalue weighted by atomic mass is 127. The number of hydrogen-bond donors (Lipinski definition) is 3. The van der Waals surface area contributed by atoms with Gasteiger partial charge < -0.3 is 24.6 Å². The van der Waals surface area contributed by atoms with E-state index < -0.39 is 19.0 Å². The maximum atomic E-state index is 14.0. The minimum atomic E-state index is -1.70. The third kappa shape index (κ3) is 6.15. The number of carbonyl (C=O) groups excluding carboxylic acids is 2. The number of fused-ring (bicyclic) bond motifs is 3. The molecular weight excluding hydrogens is 696 g/mol. The molecule has 2 amide bonds. The lowest BCUT2D eigenvalue weighted by Crippen LogP contribution is -2.35. The molecule has 46 heavy (non-hydrogen) atoms. The zero-order valence-electron chi connectivity index (χ0n) is 25.9. The molecule has 2 saturated heterocycles. The van der Waals surface area contributed by atoms with Crippen LogP contribution in [0.3, 0.4) is 0 Å². The van der Waals surface area contributed by atoms with Gasteiger partial charge in [0.2, 0.25) is 11.8 Å². The van der Waals surface area contributed by atoms with E-state index in [9.17, 15) is 24.7 Å². The third-order valence-corrected chi connectivity index (χ3v) is 10.2. The fourth-order valence-electron chi connectivity index (χ4n) is 7.36. The first kappa shape index (κ1) is 32.5. The van der Waals surface area contributed by atoms with Gasteiger partial charge in [-0.15, -0.1) is 0 Å². The molecule has 0 aromatic heterocycles. The molecule has 4 atom stereocenters. The molecule has 6 rings (SSSR count). The fourth-order valence-corrected chi connectivity index (χ4v) is 7.99. The summed E-state index contributed by atoms with van der Waals surface area (Å²) in [6.07, 6.45) is 5.68. The van der Waals surface area contributed by atoms with Crippen LogP contribution in [0.5, 0.6) is 11.5 Å². The van der Waals surface area contributed by atoms with Crippen molar-refractivity contribution in [3.05, 3.63) is 92.6 Å². The van der Waals surface area contributed by atoms with Crippen LogP contribution in [0.4, 0.5) is 5.69 Å². The number of rotatable bonds is 10. The molecule has 2 fully saturated rings. The molecule has 2 aliphatic heterocycles. The van der Waals surface area contributed by atoms with Gasteiger partial charge >= 0.3 is 7.12 Å². The summed E-state index contributed by atoms with van der Waals surface area (Å²) in [5.41, 5.74) is 6.12. The van der Waals surface area contributed by atoms with Crippen LogP contribution >= 0.6 is 22.6 Å². The number of anilines is 1. The Bertz CT molecular complexity index is 1710. The first-order valence-electron chi connectivity index (χ1n) is 15.7. The largest absolute Gasteiger partial charge is 0.504 e. The molecule has 3 aromatic rings. The molecule has 10 heteroatoms. The van der Waals surface area contributed by atoms with Gasteiger partial charge in [-0.05, 0) is 100 Å². The van der Waals surface area contributed by atoms with E-state index in [4.69, 9.17) is 9.47 Å². The highest BCUT2D eigenvalue weighted by Crippen LogP contribution is 2.51. The molecule has 0 bridgehead atoms. The monoisotopic (exact) mass is 733 g/mol. The van der Waals surface area contributed by atoms with Crippen molar-refractivity contribution in [2.45, 2.75) is 45.1 Å². The Morgan fingerprint density at radius 2 is 1.85 bits per heavy atom. The lowest BCUT2D eigenvalue weighted by molar-refractivity contribution is -0.122. The second kappa shape index (κ2) is 13.7. The zero-order chi connectivity index (χ0) is 32.5. The Morgan fingerprint density at radius 1 is 1.07 bits per heavy atom. The van der Waals surface area contributed by atoms with E-state index in [0.29, 0.717) is 40.9 Å². The van der Waals surface area contributed by atoms with Crippen LogP contribution in [0.2, 0.25) is 0 Å². The molecule has 3 aromatic carbocycles. The van der Waals surface area contributed by atoms with Crippen LogP contribution in [0.15, 0.2) is 77.9 Å². The summed E-state index contributed by atoms with van der Waals surface area (Å²) in [6.45, 7) is 2.51. The fraction of sp³-hybridized carbons (Fsp3) is 0.333. The van der Waals surface area contributed by atoms with Gasteiger partial charge in [0.1, 0.15) is 0 Å². The number of nitrogens with zero attached hydrogens (tertiary/aromatic N) is 1. The van der Waals surface area contributed by atoms with Crippen molar-refractivity contribution in [1.29, 1.82) is 0 Å². The average molecular weight is 733 g/mol. The first-order chi connectivity index (χ1) is 22.2. The number of hydrogen-bond acceptors (Lipinski definition) is 7. The smallest absolute Gasteiger partial charge is 0.488 e. The lowest BCUT2D eigenvalue weighted by Gasteiger charge is -2.32. The number of benzene rings is 3. The Kier molecular flexibility index (Phi) is 9.70. The number of methoxy groups -OCH3 is 1. The number of aromatic hydroxyl groups is 1. The normalized spacial score (nSPS) is 22.7. The Balaban J connectivity index is 1.29. The quantitative estimate of drug-likeness (QED) is 0.0849. The first-order valence-corrected chi connectivity index (χ1v) is 16.8. The maximum Gasteiger partial charge on any atom is 0.488 e. The molecular formula is C36H37BINO7. The van der Waals surface area contributed by atoms with Gasteiger partial charge in [0.15, 0.2) is 11.5 Å². The second-order valence-electron chi connectivity index (χ2n) is 12.2. The van der Waals surface area contributed by atoms with Crippen molar-refractivity contribution in [2.24, 2.45) is 17.8 Å². The Morgan fingerprint density at radius 3 is 2.57 bits per heavy atom. The summed E-state index contributed by atoms with van der Waals surface area (Å²) in [4.78, 5) is 29.0. The maximum absolute atomic E-state index is 14.0. The van der Waals surface area contributed by atoms with Crippen LogP contribution in [0.1, 0.15) is 50.2 Å². The molecule has 0 unspecified atom stereocenters. The van der Waals surface area contributed by atoms with E-state index >= 15 is 0 Å². The standard InChI is InChI=1S/C36H37BINO7/c1-3-8-24-18-27-33(36(42)39(35(27)41)26-12-7-11-25(19-26)37(43)44)28-20-46-30(32(24)28)14-13-23(22-9-5-4-6-10-22)15-21-16-29(38)34(40)31(17-21)45-2/h4-7,9-12,15-17,19,27-28,30,33,40,43-44H,3,8,13-14,18,20H2,1-2H3/b23-15-/t27-,28+,30-,33-/m1/s1. The van der Waals surface area contributed by atoms with Crippen LogP contribution in [0, 0.1) is 21.3 Å². The van der Waals surface area contributed by atoms with Crippen LogP contribution in [0.25, 0.3) is 11.6 Å². The molecule has 0 radical (unpaired) electrons. The van der Waals surface area contributed by atoms with Crippen molar-refractivity contribution in [3.63, 3.8) is 0 Å². The highest BCUT2D eigenvalue weighted by molar-refractivity contribution is 14.1. The minimum Gasteiger partial charge on any atom is -0.504 e. The Hall–Kier alpha value is -3.45. The van der Waals surface area contributed by atoms with Gasteiger partial charge in [0.05, 0.1) is 40.9 Å². The highest BCUT2D eigenvalue weighted by Gasteiger charge is 2.57. The number of ether oxygens (including phenoxy) is 2.